The van der Waals surface area contributed by atoms with Crippen molar-refractivity contribution in [1.29, 1.82) is 0 Å². The van der Waals surface area contributed by atoms with E-state index in [9.17, 15) is 9.59 Å². The molecule has 4 heteroatoms. The van der Waals surface area contributed by atoms with Crippen LogP contribution in [0.25, 0.3) is 22.2 Å². The number of hydrogen-bond donors (Lipinski definition) is 0. The van der Waals surface area contributed by atoms with Gasteiger partial charge in [0.15, 0.2) is 17.8 Å². The van der Waals surface area contributed by atoms with Gasteiger partial charge in [0.05, 0.1) is 5.39 Å². The zero-order valence-corrected chi connectivity index (χ0v) is 9.71. The minimum atomic E-state index is -0.0613. The molecule has 4 rings (SSSR count). The highest BCUT2D eigenvalue weighted by Crippen LogP contribution is 2.39. The number of carbonyl (C=O) groups is 2. The summed E-state index contributed by atoms with van der Waals surface area (Å²) in [5.41, 5.74) is 2.75. The normalized spacial score (nSPS) is 12.5. The number of rotatable bonds is 1. The number of benzene rings is 2. The van der Waals surface area contributed by atoms with Crippen molar-refractivity contribution in [2.45, 2.75) is 0 Å². The van der Waals surface area contributed by atoms with Gasteiger partial charge in [0, 0.05) is 22.3 Å². The molecule has 0 aliphatic heterocycles. The average Bonchev–Trinajstić information content (AvgIpc) is 2.90. The zero-order chi connectivity index (χ0) is 13.0. The van der Waals surface area contributed by atoms with Gasteiger partial charge >= 0.3 is 0 Å². The predicted molar refractivity (Wildman–Crippen MR) is 68.3 cm³/mol. The molecule has 0 saturated carbocycles. The Morgan fingerprint density at radius 1 is 1.00 bits per heavy atom. The van der Waals surface area contributed by atoms with E-state index in [2.05, 4.69) is 5.16 Å². The second-order valence-electron chi connectivity index (χ2n) is 4.43. The van der Waals surface area contributed by atoms with Crippen LogP contribution in [0, 0.1) is 0 Å². The molecule has 0 unspecified atom stereocenters. The fraction of sp³-hybridized carbons (Fsp3) is 0. The largest absolute Gasteiger partial charge is 0.355 e. The van der Waals surface area contributed by atoms with Crippen molar-refractivity contribution >= 4 is 23.0 Å². The van der Waals surface area contributed by atoms with E-state index in [0.29, 0.717) is 33.4 Å². The van der Waals surface area contributed by atoms with Crippen molar-refractivity contribution in [1.82, 2.24) is 5.16 Å². The molecular weight excluding hydrogens is 242 g/mol. The Morgan fingerprint density at radius 3 is 2.58 bits per heavy atom. The quantitative estimate of drug-likeness (QED) is 0.487. The van der Waals surface area contributed by atoms with E-state index in [4.69, 9.17) is 4.52 Å². The van der Waals surface area contributed by atoms with Crippen molar-refractivity contribution < 1.29 is 14.1 Å². The second-order valence-corrected chi connectivity index (χ2v) is 4.43. The fourth-order valence-corrected chi connectivity index (χ4v) is 2.56. The molecule has 0 fully saturated rings. The van der Waals surface area contributed by atoms with Crippen molar-refractivity contribution in [2.24, 2.45) is 0 Å². The van der Waals surface area contributed by atoms with Gasteiger partial charge in [-0.25, -0.2) is 0 Å². The first-order chi connectivity index (χ1) is 9.31. The summed E-state index contributed by atoms with van der Waals surface area (Å²) in [7, 11) is 0. The van der Waals surface area contributed by atoms with Gasteiger partial charge in [0.1, 0.15) is 5.52 Å². The molecule has 2 aromatic carbocycles. The van der Waals surface area contributed by atoms with E-state index >= 15 is 0 Å². The van der Waals surface area contributed by atoms with Gasteiger partial charge in [0.25, 0.3) is 0 Å². The van der Waals surface area contributed by atoms with E-state index < -0.39 is 0 Å². The van der Waals surface area contributed by atoms with E-state index in [-0.39, 0.29) is 5.78 Å². The lowest BCUT2D eigenvalue weighted by Gasteiger charge is -2.13. The fourth-order valence-electron chi connectivity index (χ4n) is 2.56. The van der Waals surface area contributed by atoms with Crippen LogP contribution in [0.2, 0.25) is 0 Å². The molecule has 0 spiro atoms. The molecule has 0 N–H and O–H groups in total. The van der Waals surface area contributed by atoms with Gasteiger partial charge < -0.3 is 4.52 Å². The van der Waals surface area contributed by atoms with Crippen molar-refractivity contribution in [3.63, 3.8) is 0 Å². The Kier molecular flexibility index (Phi) is 1.82. The monoisotopic (exact) mass is 249 g/mol. The Morgan fingerprint density at radius 2 is 1.79 bits per heavy atom. The second kappa shape index (κ2) is 3.38. The van der Waals surface area contributed by atoms with Crippen molar-refractivity contribution in [3.8, 4) is 11.3 Å². The third kappa shape index (κ3) is 1.15. The molecule has 19 heavy (non-hydrogen) atoms. The van der Waals surface area contributed by atoms with Crippen LogP contribution in [0.5, 0.6) is 0 Å². The highest BCUT2D eigenvalue weighted by Gasteiger charge is 2.29. The maximum absolute atomic E-state index is 12.4. The van der Waals surface area contributed by atoms with Crippen LogP contribution >= 0.6 is 0 Å². The first-order valence-electron chi connectivity index (χ1n) is 5.83. The number of nitrogens with zero attached hydrogens (tertiary/aromatic N) is 1. The Balaban J connectivity index is 2.23. The van der Waals surface area contributed by atoms with Crippen LogP contribution in [0.4, 0.5) is 0 Å². The molecule has 1 aromatic heterocycles. The van der Waals surface area contributed by atoms with Crippen LogP contribution in [-0.4, -0.2) is 17.2 Å². The summed E-state index contributed by atoms with van der Waals surface area (Å²) in [6, 6.07) is 10.5. The molecule has 1 heterocycles. The standard InChI is InChI=1S/C15H7NO3/c17-7-8-5-6-11-12-13(8)16-19-15(12)10-4-2-1-3-9(10)14(11)18/h1-7H. The van der Waals surface area contributed by atoms with Crippen LogP contribution < -0.4 is 0 Å². The number of hydrogen-bond acceptors (Lipinski definition) is 4. The summed E-state index contributed by atoms with van der Waals surface area (Å²) in [4.78, 5) is 23.4. The van der Waals surface area contributed by atoms with Crippen LogP contribution in [0.15, 0.2) is 40.9 Å². The van der Waals surface area contributed by atoms with Gasteiger partial charge in [-0.15, -0.1) is 0 Å². The maximum Gasteiger partial charge on any atom is 0.194 e. The van der Waals surface area contributed by atoms with Crippen LogP contribution in [-0.2, 0) is 0 Å². The molecule has 0 radical (unpaired) electrons. The highest BCUT2D eigenvalue weighted by atomic mass is 16.5. The summed E-state index contributed by atoms with van der Waals surface area (Å²) in [5.74, 6) is 0.498. The topological polar surface area (TPSA) is 60.2 Å². The van der Waals surface area contributed by atoms with Gasteiger partial charge in [-0.05, 0) is 12.1 Å². The number of fused-ring (bicyclic) bond motifs is 2. The van der Waals surface area contributed by atoms with Crippen molar-refractivity contribution in [3.05, 3.63) is 53.1 Å². The van der Waals surface area contributed by atoms with Gasteiger partial charge in [0.2, 0.25) is 0 Å². The van der Waals surface area contributed by atoms with E-state index in [0.717, 1.165) is 11.8 Å². The number of ketones is 1. The third-order valence-corrected chi connectivity index (χ3v) is 3.45. The van der Waals surface area contributed by atoms with Crippen LogP contribution in [0.3, 0.4) is 0 Å². The Bertz CT molecular complexity index is 861. The van der Waals surface area contributed by atoms with Gasteiger partial charge in [-0.3, -0.25) is 9.59 Å². The molecule has 4 nitrogen and oxygen atoms in total. The average molecular weight is 249 g/mol. The summed E-state index contributed by atoms with van der Waals surface area (Å²) in [5, 5.41) is 4.57. The molecule has 0 bridgehead atoms. The predicted octanol–water partition coefficient (Wildman–Crippen LogP) is 2.85. The molecule has 3 aromatic rings. The Labute approximate surface area is 107 Å². The highest BCUT2D eigenvalue weighted by molar-refractivity contribution is 6.25. The molecule has 1 aliphatic carbocycles. The zero-order valence-electron chi connectivity index (χ0n) is 9.71. The number of aldehydes is 1. The first-order valence-corrected chi connectivity index (χ1v) is 5.83. The summed E-state index contributed by atoms with van der Waals surface area (Å²) in [6.07, 6.45) is 0.719. The minimum Gasteiger partial charge on any atom is -0.355 e. The number of carbonyl (C=O) groups excluding carboxylic acids is 2. The SMILES string of the molecule is O=Cc1ccc2c3c(onc13)-c1ccccc1C2=O. The lowest BCUT2D eigenvalue weighted by atomic mass is 9.87. The summed E-state index contributed by atoms with van der Waals surface area (Å²) < 4.78 is 5.35. The maximum atomic E-state index is 12.4. The lowest BCUT2D eigenvalue weighted by molar-refractivity contribution is 0.103. The molecule has 1 aliphatic rings. The van der Waals surface area contributed by atoms with Crippen molar-refractivity contribution in [2.75, 3.05) is 0 Å². The summed E-state index contributed by atoms with van der Waals surface area (Å²) >= 11 is 0. The van der Waals surface area contributed by atoms with E-state index in [1.165, 1.54) is 0 Å². The first kappa shape index (κ1) is 10.2. The number of aromatic nitrogens is 1. The van der Waals surface area contributed by atoms with E-state index in [1.54, 1.807) is 18.2 Å². The molecule has 0 atom stereocenters. The smallest absolute Gasteiger partial charge is 0.194 e. The third-order valence-electron chi connectivity index (χ3n) is 3.45. The lowest BCUT2D eigenvalue weighted by Crippen LogP contribution is -2.08. The van der Waals surface area contributed by atoms with Crippen LogP contribution in [0.1, 0.15) is 26.3 Å². The minimum absolute atomic E-state index is 0.0613. The molecule has 0 saturated heterocycles. The van der Waals surface area contributed by atoms with E-state index in [1.807, 2.05) is 18.2 Å². The van der Waals surface area contributed by atoms with Gasteiger partial charge in [-0.1, -0.05) is 29.4 Å². The Hall–Kier alpha value is -2.75. The molecule has 90 valence electrons. The van der Waals surface area contributed by atoms with Gasteiger partial charge in [-0.2, -0.15) is 0 Å². The molecule has 0 amide bonds. The summed E-state index contributed by atoms with van der Waals surface area (Å²) in [6.45, 7) is 0. The molecular formula is C15H7NO3.